The van der Waals surface area contributed by atoms with E-state index in [1.165, 1.54) is 14.6 Å². The van der Waals surface area contributed by atoms with Gasteiger partial charge in [0.15, 0.2) is 0 Å². The Balaban J connectivity index is 2.33. The van der Waals surface area contributed by atoms with Gasteiger partial charge in [-0.15, -0.1) is 22.7 Å². The average molecular weight is 206 g/mol. The van der Waals surface area contributed by atoms with Crippen molar-refractivity contribution in [2.24, 2.45) is 0 Å². The first-order chi connectivity index (χ1) is 6.40. The maximum atomic E-state index is 2.19. The minimum absolute atomic E-state index is 1.32. The molecule has 2 heterocycles. The van der Waals surface area contributed by atoms with Gasteiger partial charge in [0.2, 0.25) is 0 Å². The molecule has 2 aromatic heterocycles. The van der Waals surface area contributed by atoms with Gasteiger partial charge in [0.25, 0.3) is 0 Å². The highest BCUT2D eigenvalue weighted by Crippen LogP contribution is 2.31. The fraction of sp³-hybridized carbons (Fsp3) is 0.0909. The van der Waals surface area contributed by atoms with E-state index >= 15 is 0 Å². The van der Waals surface area contributed by atoms with E-state index in [2.05, 4.69) is 41.8 Å². The van der Waals surface area contributed by atoms with Gasteiger partial charge in [-0.05, 0) is 36.6 Å². The van der Waals surface area contributed by atoms with Crippen LogP contribution in [-0.4, -0.2) is 0 Å². The number of hydrogen-bond donors (Lipinski definition) is 0. The number of allylic oxidation sites excluding steroid dienone is 1. The van der Waals surface area contributed by atoms with Gasteiger partial charge in [-0.3, -0.25) is 0 Å². The zero-order chi connectivity index (χ0) is 9.10. The van der Waals surface area contributed by atoms with Crippen molar-refractivity contribution in [3.63, 3.8) is 0 Å². The summed E-state index contributed by atoms with van der Waals surface area (Å²) in [6.45, 7) is 2.05. The summed E-state index contributed by atoms with van der Waals surface area (Å²) in [5, 5.41) is 2.12. The van der Waals surface area contributed by atoms with Crippen LogP contribution in [0.5, 0.6) is 0 Å². The van der Waals surface area contributed by atoms with E-state index in [4.69, 9.17) is 0 Å². The van der Waals surface area contributed by atoms with E-state index in [1.807, 2.05) is 18.3 Å². The molecular formula is C11H10S2. The summed E-state index contributed by atoms with van der Waals surface area (Å²) in [6.07, 6.45) is 4.21. The highest BCUT2D eigenvalue weighted by Gasteiger charge is 2.00. The molecule has 2 heteroatoms. The van der Waals surface area contributed by atoms with Crippen LogP contribution < -0.4 is 0 Å². The molecule has 13 heavy (non-hydrogen) atoms. The van der Waals surface area contributed by atoms with Crippen LogP contribution in [0.1, 0.15) is 11.8 Å². The van der Waals surface area contributed by atoms with E-state index in [1.54, 1.807) is 11.3 Å². The second-order valence-electron chi connectivity index (χ2n) is 2.68. The lowest BCUT2D eigenvalue weighted by Gasteiger charge is -1.86. The lowest BCUT2D eigenvalue weighted by Crippen LogP contribution is -1.55. The number of hydrogen-bond acceptors (Lipinski definition) is 2. The van der Waals surface area contributed by atoms with Gasteiger partial charge >= 0.3 is 0 Å². The molecule has 2 aromatic rings. The van der Waals surface area contributed by atoms with Gasteiger partial charge < -0.3 is 0 Å². The lowest BCUT2D eigenvalue weighted by molar-refractivity contribution is 1.78. The largest absolute Gasteiger partial charge is 0.143 e. The molecule has 0 saturated carbocycles. The third-order valence-corrected chi connectivity index (χ3v) is 3.84. The average Bonchev–Trinajstić information content (AvgIpc) is 2.70. The number of rotatable bonds is 2. The maximum absolute atomic E-state index is 2.19. The Bertz CT molecular complexity index is 393. The molecule has 0 aliphatic rings. The molecule has 0 aliphatic heterocycles. The first kappa shape index (κ1) is 8.73. The Morgan fingerprint density at radius 2 is 2.08 bits per heavy atom. The third-order valence-electron chi connectivity index (χ3n) is 1.72. The minimum atomic E-state index is 1.32. The van der Waals surface area contributed by atoms with Crippen molar-refractivity contribution in [1.82, 2.24) is 0 Å². The van der Waals surface area contributed by atoms with Gasteiger partial charge in [0, 0.05) is 14.6 Å². The fourth-order valence-electron chi connectivity index (χ4n) is 1.16. The molecule has 0 fully saturated rings. The molecule has 0 aliphatic carbocycles. The quantitative estimate of drug-likeness (QED) is 0.678. The Morgan fingerprint density at radius 1 is 1.15 bits per heavy atom. The van der Waals surface area contributed by atoms with Gasteiger partial charge in [-0.25, -0.2) is 0 Å². The molecule has 0 N–H and O–H groups in total. The standard InChI is InChI=1S/C11H10S2/c1-2-4-9-6-7-11(13-9)10-5-3-8-12-10/h2-8H,1H3/b4-2-. The van der Waals surface area contributed by atoms with Crippen molar-refractivity contribution >= 4 is 28.7 Å². The summed E-state index contributed by atoms with van der Waals surface area (Å²) in [7, 11) is 0. The predicted octanol–water partition coefficient (Wildman–Crippen LogP) is 4.51. The SMILES string of the molecule is C/C=C\c1ccc(-c2cccs2)s1. The molecule has 0 atom stereocenters. The maximum Gasteiger partial charge on any atom is 0.0448 e. The molecule has 0 amide bonds. The molecule has 0 spiro atoms. The normalized spacial score (nSPS) is 11.2. The van der Waals surface area contributed by atoms with E-state index in [0.29, 0.717) is 0 Å². The summed E-state index contributed by atoms with van der Waals surface area (Å²) >= 11 is 3.63. The summed E-state index contributed by atoms with van der Waals surface area (Å²) < 4.78 is 0. The van der Waals surface area contributed by atoms with Crippen LogP contribution >= 0.6 is 22.7 Å². The highest BCUT2D eigenvalue weighted by molar-refractivity contribution is 7.21. The van der Waals surface area contributed by atoms with Gasteiger partial charge in [-0.2, -0.15) is 0 Å². The van der Waals surface area contributed by atoms with Crippen LogP contribution in [0.2, 0.25) is 0 Å². The fourth-order valence-corrected chi connectivity index (χ4v) is 2.97. The molecule has 66 valence electrons. The van der Waals surface area contributed by atoms with Crippen molar-refractivity contribution in [2.75, 3.05) is 0 Å². The van der Waals surface area contributed by atoms with Crippen LogP contribution in [0.25, 0.3) is 15.8 Å². The Kier molecular flexibility index (Phi) is 2.62. The summed E-state index contributed by atoms with van der Waals surface area (Å²) in [5.74, 6) is 0. The van der Waals surface area contributed by atoms with Crippen LogP contribution in [0.4, 0.5) is 0 Å². The zero-order valence-corrected chi connectivity index (χ0v) is 8.99. The zero-order valence-electron chi connectivity index (χ0n) is 7.36. The highest BCUT2D eigenvalue weighted by atomic mass is 32.1. The molecular weight excluding hydrogens is 196 g/mol. The van der Waals surface area contributed by atoms with Crippen LogP contribution in [-0.2, 0) is 0 Å². The van der Waals surface area contributed by atoms with Crippen LogP contribution in [0.15, 0.2) is 35.7 Å². The van der Waals surface area contributed by atoms with E-state index in [0.717, 1.165) is 0 Å². The second-order valence-corrected chi connectivity index (χ2v) is 4.74. The van der Waals surface area contributed by atoms with Crippen molar-refractivity contribution in [2.45, 2.75) is 6.92 Å². The van der Waals surface area contributed by atoms with Crippen LogP contribution in [0.3, 0.4) is 0 Å². The topological polar surface area (TPSA) is 0 Å². The smallest absolute Gasteiger partial charge is 0.0448 e. The van der Waals surface area contributed by atoms with Gasteiger partial charge in [0.1, 0.15) is 0 Å². The van der Waals surface area contributed by atoms with Crippen LogP contribution in [0, 0.1) is 0 Å². The summed E-state index contributed by atoms with van der Waals surface area (Å²) in [4.78, 5) is 4.05. The van der Waals surface area contributed by atoms with Gasteiger partial charge in [-0.1, -0.05) is 12.1 Å². The monoisotopic (exact) mass is 206 g/mol. The Morgan fingerprint density at radius 3 is 2.77 bits per heavy atom. The Hall–Kier alpha value is -0.860. The molecule has 0 unspecified atom stereocenters. The molecule has 0 nitrogen and oxygen atoms in total. The predicted molar refractivity (Wildman–Crippen MR) is 62.3 cm³/mol. The van der Waals surface area contributed by atoms with Crippen molar-refractivity contribution in [3.05, 3.63) is 40.6 Å². The second kappa shape index (κ2) is 3.90. The van der Waals surface area contributed by atoms with Crippen molar-refractivity contribution in [1.29, 1.82) is 0 Å². The first-order valence-electron chi connectivity index (χ1n) is 4.16. The van der Waals surface area contributed by atoms with Crippen molar-refractivity contribution in [3.8, 4) is 9.75 Å². The molecule has 0 saturated heterocycles. The minimum Gasteiger partial charge on any atom is -0.143 e. The third kappa shape index (κ3) is 1.90. The summed E-state index contributed by atoms with van der Waals surface area (Å²) in [6, 6.07) is 8.61. The lowest BCUT2D eigenvalue weighted by atomic mass is 10.3. The summed E-state index contributed by atoms with van der Waals surface area (Å²) in [5.41, 5.74) is 0. The first-order valence-corrected chi connectivity index (χ1v) is 5.86. The number of thiophene rings is 2. The van der Waals surface area contributed by atoms with E-state index < -0.39 is 0 Å². The molecule has 0 radical (unpaired) electrons. The molecule has 0 aromatic carbocycles. The Labute approximate surface area is 86.2 Å². The van der Waals surface area contributed by atoms with E-state index in [9.17, 15) is 0 Å². The van der Waals surface area contributed by atoms with E-state index in [-0.39, 0.29) is 0 Å². The molecule has 2 rings (SSSR count). The molecule has 0 bridgehead atoms. The van der Waals surface area contributed by atoms with Crippen molar-refractivity contribution < 1.29 is 0 Å². The van der Waals surface area contributed by atoms with Gasteiger partial charge in [0.05, 0.1) is 0 Å².